The maximum atomic E-state index is 13.1. The summed E-state index contributed by atoms with van der Waals surface area (Å²) in [6.07, 6.45) is 1.48. The van der Waals surface area contributed by atoms with Gasteiger partial charge in [0.25, 0.3) is 11.8 Å². The minimum absolute atomic E-state index is 0.0604. The van der Waals surface area contributed by atoms with Gasteiger partial charge in [-0.05, 0) is 85.6 Å². The van der Waals surface area contributed by atoms with Gasteiger partial charge in [0.2, 0.25) is 11.8 Å². The first kappa shape index (κ1) is 29.0. The van der Waals surface area contributed by atoms with E-state index in [-0.39, 0.29) is 36.5 Å². The van der Waals surface area contributed by atoms with E-state index < -0.39 is 12.1 Å². The molecule has 10 nitrogen and oxygen atoms in total. The highest BCUT2D eigenvalue weighted by Crippen LogP contribution is 2.28. The van der Waals surface area contributed by atoms with E-state index in [0.29, 0.717) is 37.3 Å². The number of hydrogen-bond acceptors (Lipinski definition) is 8. The second-order valence-corrected chi connectivity index (χ2v) is 10.3. The summed E-state index contributed by atoms with van der Waals surface area (Å²) in [6.45, 7) is 1.05. The monoisotopic (exact) mass is 570 g/mol. The van der Waals surface area contributed by atoms with Gasteiger partial charge in [0.05, 0.1) is 50.5 Å². The number of ether oxygens (including phenoxy) is 2. The van der Waals surface area contributed by atoms with Crippen LogP contribution in [0.5, 0.6) is 11.5 Å². The Labute approximate surface area is 244 Å². The fraction of sp³-hybridized carbons (Fsp3) is 0.312. The number of amides is 4. The van der Waals surface area contributed by atoms with Crippen molar-refractivity contribution in [3.63, 3.8) is 0 Å². The Bertz CT molecular complexity index is 1360. The maximum absolute atomic E-state index is 13.1. The molecule has 0 spiro atoms. The Hall–Kier alpha value is -4.54. The summed E-state index contributed by atoms with van der Waals surface area (Å²) in [7, 11) is 3.23. The minimum Gasteiger partial charge on any atom is -0.497 e. The summed E-state index contributed by atoms with van der Waals surface area (Å²) in [5.41, 5.74) is 2.92. The van der Waals surface area contributed by atoms with Crippen LogP contribution in [0.1, 0.15) is 24.0 Å². The summed E-state index contributed by atoms with van der Waals surface area (Å²) in [4.78, 5) is 54.0. The summed E-state index contributed by atoms with van der Waals surface area (Å²) in [5.74, 6) is 0.269. The smallest absolute Gasteiger partial charge is 0.251 e. The van der Waals surface area contributed by atoms with E-state index in [0.717, 1.165) is 32.4 Å². The first-order valence-corrected chi connectivity index (χ1v) is 13.9. The van der Waals surface area contributed by atoms with E-state index in [2.05, 4.69) is 10.6 Å². The zero-order valence-corrected chi connectivity index (χ0v) is 23.7. The molecule has 2 aliphatic heterocycles. The van der Waals surface area contributed by atoms with Gasteiger partial charge >= 0.3 is 0 Å². The molecule has 0 radical (unpaired) electrons. The predicted molar refractivity (Wildman–Crippen MR) is 158 cm³/mol. The van der Waals surface area contributed by atoms with Gasteiger partial charge in [-0.1, -0.05) is 24.3 Å². The highest BCUT2D eigenvalue weighted by atomic mass is 16.5. The Morgan fingerprint density at radius 3 is 1.43 bits per heavy atom. The third kappa shape index (κ3) is 6.35. The van der Waals surface area contributed by atoms with Crippen molar-refractivity contribution in [2.24, 2.45) is 0 Å². The lowest BCUT2D eigenvalue weighted by molar-refractivity contribution is -0.123. The lowest BCUT2D eigenvalue weighted by atomic mass is 10.1. The van der Waals surface area contributed by atoms with Gasteiger partial charge in [-0.3, -0.25) is 19.2 Å². The predicted octanol–water partition coefficient (Wildman–Crippen LogP) is 2.63. The number of hydrogen-bond donors (Lipinski definition) is 2. The number of carbonyl (C=O) groups is 4. The fourth-order valence-corrected chi connectivity index (χ4v) is 5.31. The molecular weight excluding hydrogens is 536 g/mol. The standard InChI is InChI=1S/C32H34N4O6/c1-41-25-7-3-5-21(17-25)13-15-33-27-19-29(37)35(31(27)39)23-9-11-24(12-10-23)36-30(38)20-28(32(36)40)34-16-14-22-6-4-8-26(18-22)42-2/h3-12,17-18,27-28,33-34H,13-16,19-20H2,1-2H3. The van der Waals surface area contributed by atoms with Gasteiger partial charge in [0.1, 0.15) is 11.5 Å². The number of imide groups is 2. The van der Waals surface area contributed by atoms with Crippen LogP contribution in [-0.4, -0.2) is 63.0 Å². The number of nitrogens with zero attached hydrogens (tertiary/aromatic N) is 2. The van der Waals surface area contributed by atoms with Crippen molar-refractivity contribution in [3.8, 4) is 11.5 Å². The molecule has 0 aromatic heterocycles. The van der Waals surface area contributed by atoms with Crippen LogP contribution in [0.2, 0.25) is 0 Å². The molecule has 2 N–H and O–H groups in total. The van der Waals surface area contributed by atoms with Crippen molar-refractivity contribution in [1.29, 1.82) is 0 Å². The molecular formula is C32H34N4O6. The zero-order valence-electron chi connectivity index (χ0n) is 23.7. The SMILES string of the molecule is COc1cccc(CCNC2CC(=O)N(c3ccc(N4C(=O)CC(NCCc5cccc(OC)c5)C4=O)cc3)C2=O)c1. The number of carbonyl (C=O) groups excluding carboxylic acids is 4. The second-order valence-electron chi connectivity index (χ2n) is 10.3. The highest BCUT2D eigenvalue weighted by Gasteiger charge is 2.41. The summed E-state index contributed by atoms with van der Waals surface area (Å²) in [5, 5.41) is 6.38. The molecule has 5 rings (SSSR count). The quantitative estimate of drug-likeness (QED) is 0.319. The third-order valence-electron chi connectivity index (χ3n) is 7.54. The van der Waals surface area contributed by atoms with E-state index in [4.69, 9.17) is 9.47 Å². The van der Waals surface area contributed by atoms with Gasteiger partial charge in [0.15, 0.2) is 0 Å². The Kier molecular flexibility index (Phi) is 8.94. The van der Waals surface area contributed by atoms with E-state index >= 15 is 0 Å². The van der Waals surface area contributed by atoms with Crippen LogP contribution in [-0.2, 0) is 32.0 Å². The van der Waals surface area contributed by atoms with Crippen molar-refractivity contribution >= 4 is 35.0 Å². The molecule has 4 amide bonds. The molecule has 0 aliphatic carbocycles. The van der Waals surface area contributed by atoms with Crippen LogP contribution in [0, 0.1) is 0 Å². The van der Waals surface area contributed by atoms with E-state index in [1.54, 1.807) is 38.5 Å². The van der Waals surface area contributed by atoms with Gasteiger partial charge in [-0.2, -0.15) is 0 Å². The van der Waals surface area contributed by atoms with Crippen LogP contribution in [0.25, 0.3) is 0 Å². The van der Waals surface area contributed by atoms with Crippen molar-refractivity contribution in [3.05, 3.63) is 83.9 Å². The zero-order chi connectivity index (χ0) is 29.6. The molecule has 0 bridgehead atoms. The first-order chi connectivity index (χ1) is 20.4. The Balaban J connectivity index is 1.15. The molecule has 2 fully saturated rings. The highest BCUT2D eigenvalue weighted by molar-refractivity contribution is 6.24. The minimum atomic E-state index is -0.617. The van der Waals surface area contributed by atoms with Crippen LogP contribution in [0.4, 0.5) is 11.4 Å². The maximum Gasteiger partial charge on any atom is 0.251 e. The van der Waals surface area contributed by atoms with Crippen LogP contribution in [0.3, 0.4) is 0 Å². The van der Waals surface area contributed by atoms with E-state index in [1.165, 1.54) is 0 Å². The molecule has 3 aromatic rings. The largest absolute Gasteiger partial charge is 0.497 e. The number of methoxy groups -OCH3 is 2. The molecule has 42 heavy (non-hydrogen) atoms. The Morgan fingerprint density at radius 1 is 0.643 bits per heavy atom. The molecule has 2 unspecified atom stereocenters. The number of nitrogens with one attached hydrogen (secondary N) is 2. The molecule has 0 saturated carbocycles. The summed E-state index contributed by atoms with van der Waals surface area (Å²) >= 11 is 0. The molecule has 10 heteroatoms. The van der Waals surface area contributed by atoms with Gasteiger partial charge in [-0.25, -0.2) is 9.80 Å². The lowest BCUT2D eigenvalue weighted by Gasteiger charge is -2.19. The Morgan fingerprint density at radius 2 is 1.05 bits per heavy atom. The van der Waals surface area contributed by atoms with Crippen molar-refractivity contribution in [2.75, 3.05) is 37.1 Å². The average molecular weight is 571 g/mol. The molecule has 218 valence electrons. The van der Waals surface area contributed by atoms with E-state index in [9.17, 15) is 19.2 Å². The van der Waals surface area contributed by atoms with Crippen LogP contribution < -0.4 is 29.9 Å². The second kappa shape index (κ2) is 13.0. The summed E-state index contributed by atoms with van der Waals surface area (Å²) in [6, 6.07) is 20.5. The molecule has 2 aliphatic rings. The van der Waals surface area contributed by atoms with E-state index in [1.807, 2.05) is 48.5 Å². The molecule has 3 aromatic carbocycles. The van der Waals surface area contributed by atoms with Gasteiger partial charge < -0.3 is 20.1 Å². The van der Waals surface area contributed by atoms with Crippen LogP contribution >= 0.6 is 0 Å². The molecule has 2 heterocycles. The topological polar surface area (TPSA) is 117 Å². The first-order valence-electron chi connectivity index (χ1n) is 13.9. The van der Waals surface area contributed by atoms with Crippen molar-refractivity contribution in [1.82, 2.24) is 10.6 Å². The van der Waals surface area contributed by atoms with Crippen molar-refractivity contribution < 1.29 is 28.7 Å². The molecule has 2 saturated heterocycles. The molecule has 2 atom stereocenters. The van der Waals surface area contributed by atoms with Crippen LogP contribution in [0.15, 0.2) is 72.8 Å². The number of anilines is 2. The third-order valence-corrected chi connectivity index (χ3v) is 7.54. The summed E-state index contributed by atoms with van der Waals surface area (Å²) < 4.78 is 10.5. The number of benzene rings is 3. The average Bonchev–Trinajstić information content (AvgIpc) is 3.45. The number of rotatable bonds is 12. The van der Waals surface area contributed by atoms with Crippen molar-refractivity contribution in [2.45, 2.75) is 37.8 Å². The lowest BCUT2D eigenvalue weighted by Crippen LogP contribution is -2.40. The van der Waals surface area contributed by atoms with Gasteiger partial charge in [0, 0.05) is 0 Å². The normalized spacial score (nSPS) is 18.7. The van der Waals surface area contributed by atoms with Gasteiger partial charge in [-0.15, -0.1) is 0 Å². The fourth-order valence-electron chi connectivity index (χ4n) is 5.31.